The molecule has 86 valence electrons. The van der Waals surface area contributed by atoms with Gasteiger partial charge in [-0.15, -0.1) is 0 Å². The molecule has 0 amide bonds. The van der Waals surface area contributed by atoms with Crippen molar-refractivity contribution < 1.29 is 17.8 Å². The largest absolute Gasteiger partial charge is 0.326 e. The van der Waals surface area contributed by atoms with Gasteiger partial charge in [-0.1, -0.05) is 6.92 Å². The Hall–Kier alpha value is 0.680. The Bertz CT molecular complexity index is 226. The zero-order chi connectivity index (χ0) is 11.2. The van der Waals surface area contributed by atoms with Gasteiger partial charge in [-0.2, -0.15) is 0 Å². The van der Waals surface area contributed by atoms with E-state index < -0.39 is 17.5 Å². The van der Waals surface area contributed by atoms with Crippen LogP contribution in [0.25, 0.3) is 0 Å². The summed E-state index contributed by atoms with van der Waals surface area (Å²) < 4.78 is 26.5. The summed E-state index contributed by atoms with van der Waals surface area (Å²) >= 11 is 5.02. The second kappa shape index (κ2) is 7.04. The molecule has 0 radical (unpaired) electrons. The van der Waals surface area contributed by atoms with Gasteiger partial charge in [0.1, 0.15) is 0 Å². The molecule has 2 unspecified atom stereocenters. The molecular formula is C7H17O4PS2. The molecule has 0 saturated heterocycles. The Labute approximate surface area is 93.0 Å². The summed E-state index contributed by atoms with van der Waals surface area (Å²) in [6.45, 7) is 1.07. The second-order valence-corrected chi connectivity index (χ2v) is 7.59. The number of hydrogen-bond acceptors (Lipinski definition) is 5. The molecule has 0 aromatic rings. The first-order chi connectivity index (χ1) is 6.47. The van der Waals surface area contributed by atoms with E-state index in [4.69, 9.17) is 25.4 Å². The summed E-state index contributed by atoms with van der Waals surface area (Å²) in [5.41, 5.74) is 0. The summed E-state index contributed by atoms with van der Waals surface area (Å²) in [6.07, 6.45) is -0.207. The predicted octanol–water partition coefficient (Wildman–Crippen LogP) is 1.68. The Morgan fingerprint density at radius 3 is 2.29 bits per heavy atom. The van der Waals surface area contributed by atoms with Crippen molar-refractivity contribution in [2.75, 3.05) is 25.7 Å². The van der Waals surface area contributed by atoms with Crippen LogP contribution >= 0.6 is 6.72 Å². The van der Waals surface area contributed by atoms with Crippen LogP contribution in [-0.4, -0.2) is 36.0 Å². The fraction of sp³-hybridized carbons (Fsp3) is 1.00. The zero-order valence-corrected chi connectivity index (χ0v) is 11.4. The van der Waals surface area contributed by atoms with Crippen LogP contribution in [0, 0.1) is 0 Å². The molecule has 0 aromatic heterocycles. The van der Waals surface area contributed by atoms with E-state index in [0.29, 0.717) is 11.5 Å². The van der Waals surface area contributed by atoms with Crippen LogP contribution in [0.15, 0.2) is 0 Å². The summed E-state index contributed by atoms with van der Waals surface area (Å²) in [6, 6.07) is 0. The highest BCUT2D eigenvalue weighted by molar-refractivity contribution is 8.07. The highest BCUT2D eigenvalue weighted by Crippen LogP contribution is 2.49. The van der Waals surface area contributed by atoms with Crippen LogP contribution in [0.3, 0.4) is 0 Å². The van der Waals surface area contributed by atoms with Crippen LogP contribution in [0.5, 0.6) is 0 Å². The van der Waals surface area contributed by atoms with Crippen LogP contribution in [-0.2, 0) is 36.2 Å². The smallest absolute Gasteiger partial charge is 0.312 e. The van der Waals surface area contributed by atoms with E-state index in [1.54, 1.807) is 0 Å². The van der Waals surface area contributed by atoms with Gasteiger partial charge in [0.2, 0.25) is 0 Å². The third kappa shape index (κ3) is 5.53. The van der Waals surface area contributed by atoms with E-state index in [9.17, 15) is 4.21 Å². The fourth-order valence-electron chi connectivity index (χ4n) is 0.791. The maximum absolute atomic E-state index is 11.2. The van der Waals surface area contributed by atoms with Crippen molar-refractivity contribution >= 4 is 29.3 Å². The number of rotatable bonds is 7. The maximum atomic E-state index is 11.2. The Balaban J connectivity index is 4.10. The topological polar surface area (TPSA) is 44.8 Å². The minimum atomic E-state index is -2.61. The lowest BCUT2D eigenvalue weighted by Gasteiger charge is -2.21. The van der Waals surface area contributed by atoms with Crippen molar-refractivity contribution in [1.82, 2.24) is 0 Å². The van der Waals surface area contributed by atoms with Gasteiger partial charge in [0, 0.05) is 30.8 Å². The average molecular weight is 260 g/mol. The van der Waals surface area contributed by atoms with E-state index in [1.807, 2.05) is 13.8 Å². The standard InChI is InChI=1S/C7H17O4PS2/c1-5-14(8)6-7(2)11-12(13,9-3)10-4/h7H,5-6H2,1-4H3. The zero-order valence-electron chi connectivity index (χ0n) is 8.89. The second-order valence-electron chi connectivity index (χ2n) is 2.62. The highest BCUT2D eigenvalue weighted by Gasteiger charge is 2.21. The Kier molecular flexibility index (Phi) is 7.38. The van der Waals surface area contributed by atoms with Gasteiger partial charge in [0.15, 0.2) is 0 Å². The molecule has 0 N–H and O–H groups in total. The van der Waals surface area contributed by atoms with Crippen LogP contribution in [0.1, 0.15) is 13.8 Å². The van der Waals surface area contributed by atoms with Crippen LogP contribution in [0.4, 0.5) is 0 Å². The van der Waals surface area contributed by atoms with Gasteiger partial charge in [-0.25, -0.2) is 0 Å². The Morgan fingerprint density at radius 1 is 1.43 bits per heavy atom. The van der Waals surface area contributed by atoms with Gasteiger partial charge in [0.05, 0.1) is 11.9 Å². The fourth-order valence-corrected chi connectivity index (χ4v) is 3.00. The van der Waals surface area contributed by atoms with Gasteiger partial charge in [0.25, 0.3) is 0 Å². The van der Waals surface area contributed by atoms with E-state index in [2.05, 4.69) is 0 Å². The molecule has 0 heterocycles. The van der Waals surface area contributed by atoms with Gasteiger partial charge >= 0.3 is 6.72 Å². The monoisotopic (exact) mass is 260 g/mol. The minimum absolute atomic E-state index is 0.207. The first kappa shape index (κ1) is 14.7. The molecule has 0 spiro atoms. The normalized spacial score (nSPS) is 16.6. The van der Waals surface area contributed by atoms with Crippen molar-refractivity contribution in [3.05, 3.63) is 0 Å². The van der Waals surface area contributed by atoms with E-state index >= 15 is 0 Å². The molecule has 0 aliphatic rings. The molecule has 0 fully saturated rings. The average Bonchev–Trinajstić information content (AvgIpc) is 2.17. The lowest BCUT2D eigenvalue weighted by Crippen LogP contribution is -2.17. The SMILES string of the molecule is CCS(=O)CC(C)OP(=S)(OC)OC. The van der Waals surface area contributed by atoms with Crippen molar-refractivity contribution in [2.24, 2.45) is 0 Å². The first-order valence-corrected chi connectivity index (χ1v) is 8.26. The van der Waals surface area contributed by atoms with Crippen molar-refractivity contribution in [2.45, 2.75) is 20.0 Å². The van der Waals surface area contributed by atoms with Crippen LogP contribution < -0.4 is 0 Å². The molecule has 0 bridgehead atoms. The third-order valence-electron chi connectivity index (χ3n) is 1.50. The predicted molar refractivity (Wildman–Crippen MR) is 62.4 cm³/mol. The summed E-state index contributed by atoms with van der Waals surface area (Å²) in [5, 5.41) is 0. The highest BCUT2D eigenvalue weighted by atomic mass is 32.5. The van der Waals surface area contributed by atoms with Crippen molar-refractivity contribution in [3.63, 3.8) is 0 Å². The molecule has 0 rings (SSSR count). The molecule has 0 saturated carbocycles. The van der Waals surface area contributed by atoms with E-state index in [0.717, 1.165) is 0 Å². The molecule has 0 aliphatic heterocycles. The molecule has 14 heavy (non-hydrogen) atoms. The summed E-state index contributed by atoms with van der Waals surface area (Å²) in [5.74, 6) is 1.08. The first-order valence-electron chi connectivity index (χ1n) is 4.22. The molecule has 7 heteroatoms. The third-order valence-corrected chi connectivity index (χ3v) is 5.65. The summed E-state index contributed by atoms with van der Waals surface area (Å²) in [4.78, 5) is 0. The quantitative estimate of drug-likeness (QED) is 0.652. The maximum Gasteiger partial charge on any atom is 0.326 e. The molecular weight excluding hydrogens is 243 g/mol. The van der Waals surface area contributed by atoms with Gasteiger partial charge in [-0.05, 0) is 18.7 Å². The molecule has 0 aromatic carbocycles. The summed E-state index contributed by atoms with van der Waals surface area (Å²) in [7, 11) is 2.04. The van der Waals surface area contributed by atoms with Gasteiger partial charge in [-0.3, -0.25) is 4.21 Å². The van der Waals surface area contributed by atoms with Gasteiger partial charge < -0.3 is 13.6 Å². The van der Waals surface area contributed by atoms with Crippen LogP contribution in [0.2, 0.25) is 0 Å². The minimum Gasteiger partial charge on any atom is -0.312 e. The lowest BCUT2D eigenvalue weighted by atomic mass is 10.5. The molecule has 0 aliphatic carbocycles. The Morgan fingerprint density at radius 2 is 1.93 bits per heavy atom. The lowest BCUT2D eigenvalue weighted by molar-refractivity contribution is 0.166. The molecule has 2 atom stereocenters. The number of hydrogen-bond donors (Lipinski definition) is 0. The molecule has 4 nitrogen and oxygen atoms in total. The van der Waals surface area contributed by atoms with E-state index in [-0.39, 0.29) is 6.10 Å². The van der Waals surface area contributed by atoms with Crippen molar-refractivity contribution in [3.8, 4) is 0 Å². The van der Waals surface area contributed by atoms with E-state index in [1.165, 1.54) is 14.2 Å². The van der Waals surface area contributed by atoms with Crippen molar-refractivity contribution in [1.29, 1.82) is 0 Å².